The molecule has 0 radical (unpaired) electrons. The van der Waals surface area contributed by atoms with E-state index >= 15 is 0 Å². The number of rotatable bonds is 3. The number of methoxy groups -OCH3 is 1. The highest BCUT2D eigenvalue weighted by Gasteiger charge is 2.70. The van der Waals surface area contributed by atoms with Gasteiger partial charge in [-0.1, -0.05) is 0 Å². The molecule has 0 spiro atoms. The van der Waals surface area contributed by atoms with Crippen LogP contribution in [0.25, 0.3) is 0 Å². The number of nitrogens with zero attached hydrogens (tertiary/aromatic N) is 1. The lowest BCUT2D eigenvalue weighted by atomic mass is 9.46. The quantitative estimate of drug-likeness (QED) is 0.802. The molecule has 2 bridgehead atoms. The van der Waals surface area contributed by atoms with Gasteiger partial charge in [0.2, 0.25) is 0 Å². The summed E-state index contributed by atoms with van der Waals surface area (Å²) in [6, 6.07) is 1.80. The molecule has 0 unspecified atom stereocenters. The summed E-state index contributed by atoms with van der Waals surface area (Å²) in [5, 5.41) is 0. The standard InChI is InChI=1S/C12H13BrClNO2/c1-17-12-5-11(6-12,7-12)15-4-8(3-14)2-9(13)10(15)16/h2,4H,3,5-7H2,1H3. The molecule has 3 fully saturated rings. The van der Waals surface area contributed by atoms with Crippen molar-refractivity contribution in [3.8, 4) is 0 Å². The molecule has 0 saturated heterocycles. The van der Waals surface area contributed by atoms with Crippen LogP contribution in [0.1, 0.15) is 24.8 Å². The summed E-state index contributed by atoms with van der Waals surface area (Å²) >= 11 is 9.15. The summed E-state index contributed by atoms with van der Waals surface area (Å²) in [5.74, 6) is 0.421. The summed E-state index contributed by atoms with van der Waals surface area (Å²) in [6.45, 7) is 0. The Morgan fingerprint density at radius 1 is 1.53 bits per heavy atom. The van der Waals surface area contributed by atoms with Crippen LogP contribution in [0, 0.1) is 0 Å². The lowest BCUT2D eigenvalue weighted by Gasteiger charge is -2.69. The number of hydrogen-bond acceptors (Lipinski definition) is 2. The third-order valence-electron chi connectivity index (χ3n) is 4.08. The first-order valence-electron chi connectivity index (χ1n) is 5.57. The van der Waals surface area contributed by atoms with Crippen LogP contribution >= 0.6 is 27.5 Å². The van der Waals surface area contributed by atoms with Crippen LogP contribution in [0.2, 0.25) is 0 Å². The predicted molar refractivity (Wildman–Crippen MR) is 69.5 cm³/mol. The van der Waals surface area contributed by atoms with E-state index in [1.54, 1.807) is 13.2 Å². The minimum absolute atomic E-state index is 0.0162. The van der Waals surface area contributed by atoms with Gasteiger partial charge in [0.1, 0.15) is 0 Å². The Morgan fingerprint density at radius 3 is 2.71 bits per heavy atom. The van der Waals surface area contributed by atoms with E-state index in [0.717, 1.165) is 24.8 Å². The van der Waals surface area contributed by atoms with Crippen molar-refractivity contribution < 1.29 is 4.74 Å². The van der Waals surface area contributed by atoms with E-state index in [1.807, 2.05) is 10.8 Å². The van der Waals surface area contributed by atoms with Crippen LogP contribution in [0.5, 0.6) is 0 Å². The Kier molecular flexibility index (Phi) is 2.48. The normalized spacial score (nSPS) is 34.1. The first-order valence-corrected chi connectivity index (χ1v) is 6.90. The smallest absolute Gasteiger partial charge is 0.265 e. The highest BCUT2D eigenvalue weighted by molar-refractivity contribution is 9.10. The maximum absolute atomic E-state index is 12.1. The third-order valence-corrected chi connectivity index (χ3v) is 4.96. The number of aromatic nitrogens is 1. The predicted octanol–water partition coefficient (Wildman–Crippen LogP) is 2.63. The Labute approximate surface area is 113 Å². The topological polar surface area (TPSA) is 31.2 Å². The zero-order chi connectivity index (χ0) is 12.3. The van der Waals surface area contributed by atoms with Crippen LogP contribution in [0.15, 0.2) is 21.5 Å². The van der Waals surface area contributed by atoms with E-state index in [-0.39, 0.29) is 16.7 Å². The Hall–Kier alpha value is -0.320. The summed E-state index contributed by atoms with van der Waals surface area (Å²) in [6.07, 6.45) is 4.70. The van der Waals surface area contributed by atoms with Gasteiger partial charge < -0.3 is 9.30 Å². The van der Waals surface area contributed by atoms with E-state index in [1.165, 1.54) is 0 Å². The van der Waals surface area contributed by atoms with Crippen molar-refractivity contribution in [3.05, 3.63) is 32.7 Å². The van der Waals surface area contributed by atoms with Crippen LogP contribution in [-0.2, 0) is 16.2 Å². The number of ether oxygens (including phenoxy) is 1. The van der Waals surface area contributed by atoms with Gasteiger partial charge in [-0.2, -0.15) is 0 Å². The molecule has 0 N–H and O–H groups in total. The maximum Gasteiger partial charge on any atom is 0.265 e. The van der Waals surface area contributed by atoms with Crippen LogP contribution < -0.4 is 5.56 Å². The van der Waals surface area contributed by atoms with E-state index in [4.69, 9.17) is 16.3 Å². The summed E-state index contributed by atoms with van der Waals surface area (Å²) in [5.41, 5.74) is 1.03. The average molecular weight is 319 g/mol. The number of alkyl halides is 1. The second-order valence-corrected chi connectivity index (χ2v) is 6.27. The van der Waals surface area contributed by atoms with E-state index in [9.17, 15) is 4.79 Å². The van der Waals surface area contributed by atoms with Crippen LogP contribution in [0.3, 0.4) is 0 Å². The Balaban J connectivity index is 2.00. The largest absolute Gasteiger partial charge is 0.378 e. The fourth-order valence-corrected chi connectivity index (χ4v) is 3.77. The lowest BCUT2D eigenvalue weighted by Crippen LogP contribution is -2.74. The molecule has 3 aliphatic carbocycles. The van der Waals surface area contributed by atoms with Gasteiger partial charge in [0.05, 0.1) is 15.6 Å². The zero-order valence-electron chi connectivity index (χ0n) is 9.50. The molecule has 3 aliphatic rings. The van der Waals surface area contributed by atoms with Gasteiger partial charge in [0, 0.05) is 38.4 Å². The maximum atomic E-state index is 12.1. The van der Waals surface area contributed by atoms with Crippen molar-refractivity contribution in [2.45, 2.75) is 36.3 Å². The summed E-state index contributed by atoms with van der Waals surface area (Å²) < 4.78 is 7.89. The van der Waals surface area contributed by atoms with Crippen molar-refractivity contribution in [3.63, 3.8) is 0 Å². The van der Waals surface area contributed by atoms with E-state index < -0.39 is 0 Å². The SMILES string of the molecule is COC12CC(n3cc(CCl)cc(Br)c3=O)(C1)C2. The molecule has 17 heavy (non-hydrogen) atoms. The molecular weight excluding hydrogens is 305 g/mol. The molecule has 1 aromatic heterocycles. The van der Waals surface area contributed by atoms with Gasteiger partial charge in [-0.15, -0.1) is 11.6 Å². The third kappa shape index (κ3) is 1.47. The lowest BCUT2D eigenvalue weighted by molar-refractivity contribution is -0.262. The highest BCUT2D eigenvalue weighted by atomic mass is 79.9. The number of halogens is 2. The molecule has 92 valence electrons. The number of pyridine rings is 1. The van der Waals surface area contributed by atoms with Gasteiger partial charge in [-0.25, -0.2) is 0 Å². The molecule has 0 aliphatic heterocycles. The monoisotopic (exact) mass is 317 g/mol. The Morgan fingerprint density at radius 2 is 2.18 bits per heavy atom. The van der Waals surface area contributed by atoms with E-state index in [2.05, 4.69) is 15.9 Å². The second-order valence-electron chi connectivity index (χ2n) is 5.15. The second kappa shape index (κ2) is 3.59. The Bertz CT molecular complexity index is 520. The van der Waals surface area contributed by atoms with Crippen molar-refractivity contribution in [1.82, 2.24) is 4.57 Å². The van der Waals surface area contributed by atoms with Crippen molar-refractivity contribution in [2.24, 2.45) is 0 Å². The van der Waals surface area contributed by atoms with Crippen molar-refractivity contribution >= 4 is 27.5 Å². The molecule has 1 heterocycles. The molecule has 1 aromatic rings. The van der Waals surface area contributed by atoms with Gasteiger partial charge >= 0.3 is 0 Å². The van der Waals surface area contributed by atoms with Crippen molar-refractivity contribution in [2.75, 3.05) is 7.11 Å². The molecule has 5 heteroatoms. The van der Waals surface area contributed by atoms with Crippen molar-refractivity contribution in [1.29, 1.82) is 0 Å². The molecule has 0 aromatic carbocycles. The fraction of sp³-hybridized carbons (Fsp3) is 0.583. The zero-order valence-corrected chi connectivity index (χ0v) is 11.8. The minimum atomic E-state index is -0.0162. The molecule has 0 amide bonds. The van der Waals surface area contributed by atoms with Gasteiger partial charge in [-0.3, -0.25) is 4.79 Å². The molecule has 4 rings (SSSR count). The fourth-order valence-electron chi connectivity index (χ4n) is 3.14. The van der Waals surface area contributed by atoms with Gasteiger partial charge in [0.15, 0.2) is 0 Å². The molecule has 0 atom stereocenters. The van der Waals surface area contributed by atoms with Crippen LogP contribution in [0.4, 0.5) is 0 Å². The molecule has 3 nitrogen and oxygen atoms in total. The summed E-state index contributed by atoms with van der Waals surface area (Å²) in [7, 11) is 1.75. The first-order chi connectivity index (χ1) is 8.04. The molecule has 3 saturated carbocycles. The van der Waals surface area contributed by atoms with Crippen LogP contribution in [-0.4, -0.2) is 17.3 Å². The molecular formula is C12H13BrClNO2. The first kappa shape index (κ1) is 11.8. The average Bonchev–Trinajstić information content (AvgIpc) is 2.20. The van der Waals surface area contributed by atoms with Gasteiger partial charge in [-0.05, 0) is 27.6 Å². The summed E-state index contributed by atoms with van der Waals surface area (Å²) in [4.78, 5) is 12.1. The van der Waals surface area contributed by atoms with E-state index in [0.29, 0.717) is 10.4 Å². The minimum Gasteiger partial charge on any atom is -0.378 e. The number of hydrogen-bond donors (Lipinski definition) is 0. The highest BCUT2D eigenvalue weighted by Crippen LogP contribution is 2.66. The van der Waals surface area contributed by atoms with Gasteiger partial charge in [0.25, 0.3) is 5.56 Å².